The Morgan fingerprint density at radius 3 is 3.00 bits per heavy atom. The van der Waals surface area contributed by atoms with E-state index in [0.29, 0.717) is 13.1 Å². The molecule has 1 N–H and O–H groups in total. The summed E-state index contributed by atoms with van der Waals surface area (Å²) in [5.74, 6) is -0.959. The molecular formula is C11H9BrN2O2S. The monoisotopic (exact) mass is 312 g/mol. The zero-order chi connectivity index (χ0) is 12.0. The van der Waals surface area contributed by atoms with E-state index in [-0.39, 0.29) is 5.92 Å². The molecule has 0 amide bonds. The van der Waals surface area contributed by atoms with Crippen LogP contribution in [0, 0.1) is 5.92 Å². The van der Waals surface area contributed by atoms with Crippen molar-refractivity contribution in [1.82, 2.24) is 4.98 Å². The second-order valence-electron chi connectivity index (χ2n) is 4.05. The summed E-state index contributed by atoms with van der Waals surface area (Å²) in [4.78, 5) is 17.2. The van der Waals surface area contributed by atoms with E-state index in [2.05, 4.69) is 20.9 Å². The summed E-state index contributed by atoms with van der Waals surface area (Å²) in [7, 11) is 0. The lowest BCUT2D eigenvalue weighted by Gasteiger charge is -2.36. The number of aliphatic carboxylic acids is 1. The molecule has 17 heavy (non-hydrogen) atoms. The summed E-state index contributed by atoms with van der Waals surface area (Å²) in [6, 6.07) is 5.96. The van der Waals surface area contributed by atoms with Gasteiger partial charge in [-0.2, -0.15) is 0 Å². The predicted molar refractivity (Wildman–Crippen MR) is 70.7 cm³/mol. The molecule has 6 heteroatoms. The van der Waals surface area contributed by atoms with Gasteiger partial charge in [0.15, 0.2) is 5.13 Å². The summed E-state index contributed by atoms with van der Waals surface area (Å²) in [6.07, 6.45) is 0. The summed E-state index contributed by atoms with van der Waals surface area (Å²) in [5, 5.41) is 9.74. The van der Waals surface area contributed by atoms with Crippen molar-refractivity contribution >= 4 is 48.6 Å². The molecule has 0 radical (unpaired) electrons. The summed E-state index contributed by atoms with van der Waals surface area (Å²) < 4.78 is 2.15. The number of aromatic nitrogens is 1. The molecule has 1 aromatic heterocycles. The van der Waals surface area contributed by atoms with E-state index in [1.165, 1.54) is 0 Å². The first-order valence-electron chi connectivity index (χ1n) is 5.17. The average Bonchev–Trinajstić information content (AvgIpc) is 2.56. The van der Waals surface area contributed by atoms with Gasteiger partial charge in [0.25, 0.3) is 0 Å². The molecule has 0 atom stereocenters. The maximum atomic E-state index is 10.7. The second kappa shape index (κ2) is 3.96. The van der Waals surface area contributed by atoms with Crippen molar-refractivity contribution in [3.05, 3.63) is 22.7 Å². The van der Waals surface area contributed by atoms with Crippen LogP contribution in [0.2, 0.25) is 0 Å². The number of hydrogen-bond acceptors (Lipinski definition) is 4. The van der Waals surface area contributed by atoms with Crippen LogP contribution in [0.1, 0.15) is 0 Å². The second-order valence-corrected chi connectivity index (χ2v) is 5.97. The maximum Gasteiger partial charge on any atom is 0.310 e. The topological polar surface area (TPSA) is 53.4 Å². The van der Waals surface area contributed by atoms with Crippen LogP contribution in [0.3, 0.4) is 0 Å². The van der Waals surface area contributed by atoms with E-state index in [1.807, 2.05) is 23.1 Å². The third kappa shape index (κ3) is 1.91. The Bertz CT molecular complexity index is 592. The molecule has 2 aromatic rings. The van der Waals surface area contributed by atoms with Crippen molar-refractivity contribution in [2.24, 2.45) is 5.92 Å². The van der Waals surface area contributed by atoms with E-state index in [4.69, 9.17) is 5.11 Å². The lowest BCUT2D eigenvalue weighted by atomic mass is 10.0. The van der Waals surface area contributed by atoms with Crippen molar-refractivity contribution in [2.45, 2.75) is 0 Å². The number of carbonyl (C=O) groups is 1. The highest BCUT2D eigenvalue weighted by Gasteiger charge is 2.34. The van der Waals surface area contributed by atoms with E-state index < -0.39 is 5.97 Å². The van der Waals surface area contributed by atoms with Crippen molar-refractivity contribution in [3.63, 3.8) is 0 Å². The highest BCUT2D eigenvalue weighted by molar-refractivity contribution is 9.10. The minimum absolute atomic E-state index is 0.242. The first kappa shape index (κ1) is 11.0. The van der Waals surface area contributed by atoms with Crippen molar-refractivity contribution in [3.8, 4) is 0 Å². The van der Waals surface area contributed by atoms with Gasteiger partial charge < -0.3 is 10.0 Å². The summed E-state index contributed by atoms with van der Waals surface area (Å²) in [6.45, 7) is 1.13. The third-order valence-corrected chi connectivity index (χ3v) is 4.41. The molecule has 88 valence electrons. The van der Waals surface area contributed by atoms with Gasteiger partial charge in [0.1, 0.15) is 0 Å². The minimum atomic E-state index is -0.717. The maximum absolute atomic E-state index is 10.7. The molecular weight excluding hydrogens is 304 g/mol. The fraction of sp³-hybridized carbons (Fsp3) is 0.273. The first-order valence-corrected chi connectivity index (χ1v) is 6.78. The van der Waals surface area contributed by atoms with Gasteiger partial charge in [0.05, 0.1) is 16.1 Å². The van der Waals surface area contributed by atoms with Crippen LogP contribution in [-0.2, 0) is 4.79 Å². The number of anilines is 1. The zero-order valence-corrected chi connectivity index (χ0v) is 11.2. The quantitative estimate of drug-likeness (QED) is 0.926. The fourth-order valence-corrected chi connectivity index (χ4v) is 3.35. The number of nitrogens with zero attached hydrogens (tertiary/aromatic N) is 2. The Morgan fingerprint density at radius 1 is 1.53 bits per heavy atom. The number of fused-ring (bicyclic) bond motifs is 1. The number of thiazole rings is 1. The number of rotatable bonds is 2. The number of halogens is 1. The molecule has 1 fully saturated rings. The zero-order valence-electron chi connectivity index (χ0n) is 8.76. The molecule has 0 saturated carbocycles. The van der Waals surface area contributed by atoms with Gasteiger partial charge in [0, 0.05) is 17.6 Å². The lowest BCUT2D eigenvalue weighted by Crippen LogP contribution is -2.50. The molecule has 0 unspecified atom stereocenters. The van der Waals surface area contributed by atoms with Crippen molar-refractivity contribution in [2.75, 3.05) is 18.0 Å². The van der Waals surface area contributed by atoms with E-state index in [0.717, 1.165) is 19.8 Å². The number of carboxylic acid groups (broad SMARTS) is 1. The Balaban J connectivity index is 1.85. The van der Waals surface area contributed by atoms with Gasteiger partial charge in [-0.25, -0.2) is 4.98 Å². The van der Waals surface area contributed by atoms with Crippen LogP contribution < -0.4 is 4.90 Å². The summed E-state index contributed by atoms with van der Waals surface area (Å²) >= 11 is 5.03. The molecule has 1 aliphatic rings. The molecule has 3 rings (SSSR count). The number of hydrogen-bond donors (Lipinski definition) is 1. The molecule has 4 nitrogen and oxygen atoms in total. The largest absolute Gasteiger partial charge is 0.481 e. The fourth-order valence-electron chi connectivity index (χ4n) is 1.81. The smallest absolute Gasteiger partial charge is 0.310 e. The van der Waals surface area contributed by atoms with Crippen molar-refractivity contribution in [1.29, 1.82) is 0 Å². The highest BCUT2D eigenvalue weighted by atomic mass is 79.9. The van der Waals surface area contributed by atoms with E-state index in [9.17, 15) is 4.79 Å². The number of benzene rings is 1. The molecule has 0 aliphatic carbocycles. The van der Waals surface area contributed by atoms with Gasteiger partial charge in [-0.05, 0) is 18.2 Å². The van der Waals surface area contributed by atoms with Gasteiger partial charge >= 0.3 is 5.97 Å². The molecule has 0 bridgehead atoms. The predicted octanol–water partition coefficient (Wildman–Crippen LogP) is 2.58. The lowest BCUT2D eigenvalue weighted by molar-refractivity contribution is -0.142. The van der Waals surface area contributed by atoms with Crippen LogP contribution in [-0.4, -0.2) is 29.1 Å². The minimum Gasteiger partial charge on any atom is -0.481 e. The van der Waals surface area contributed by atoms with Crippen LogP contribution in [0.5, 0.6) is 0 Å². The van der Waals surface area contributed by atoms with Gasteiger partial charge in [-0.1, -0.05) is 27.3 Å². The molecule has 1 saturated heterocycles. The van der Waals surface area contributed by atoms with Crippen LogP contribution in [0.25, 0.3) is 10.2 Å². The molecule has 1 aliphatic heterocycles. The van der Waals surface area contributed by atoms with Crippen LogP contribution in [0.4, 0.5) is 5.13 Å². The Kier molecular flexibility index (Phi) is 2.56. The Labute approximate surface area is 110 Å². The first-order chi connectivity index (χ1) is 8.13. The number of carboxylic acids is 1. The Morgan fingerprint density at radius 2 is 2.29 bits per heavy atom. The highest BCUT2D eigenvalue weighted by Crippen LogP contribution is 2.34. The molecule has 2 heterocycles. The van der Waals surface area contributed by atoms with Gasteiger partial charge in [0.2, 0.25) is 0 Å². The average molecular weight is 313 g/mol. The molecule has 1 aromatic carbocycles. The van der Waals surface area contributed by atoms with E-state index in [1.54, 1.807) is 11.3 Å². The summed E-state index contributed by atoms with van der Waals surface area (Å²) in [5.41, 5.74) is 0.965. The standard InChI is InChI=1S/C11H9BrN2O2S/c12-7-1-2-8-9(3-7)17-11(13-8)14-4-6(5-14)10(15)16/h1-3,6H,4-5H2,(H,15,16). The van der Waals surface area contributed by atoms with Gasteiger partial charge in [-0.15, -0.1) is 0 Å². The van der Waals surface area contributed by atoms with E-state index >= 15 is 0 Å². The SMILES string of the molecule is O=C(O)C1CN(c2nc3ccc(Br)cc3s2)C1. The Hall–Kier alpha value is -1.14. The van der Waals surface area contributed by atoms with Crippen LogP contribution in [0.15, 0.2) is 22.7 Å². The molecule has 0 spiro atoms. The van der Waals surface area contributed by atoms with Crippen molar-refractivity contribution < 1.29 is 9.90 Å². The third-order valence-electron chi connectivity index (χ3n) is 2.84. The van der Waals surface area contributed by atoms with Crippen LogP contribution >= 0.6 is 27.3 Å². The van der Waals surface area contributed by atoms with Gasteiger partial charge in [-0.3, -0.25) is 4.79 Å². The normalized spacial score (nSPS) is 16.2.